The van der Waals surface area contributed by atoms with Crippen LogP contribution in [-0.4, -0.2) is 80.7 Å². The van der Waals surface area contributed by atoms with E-state index < -0.39 is 55.0 Å². The number of carbonyl (C=O) groups is 2. The van der Waals surface area contributed by atoms with E-state index in [1.54, 1.807) is 0 Å². The third kappa shape index (κ3) is 23.1. The summed E-state index contributed by atoms with van der Waals surface area (Å²) >= 11 is 0. The summed E-state index contributed by atoms with van der Waals surface area (Å²) in [7, 11) is 0. The Hall–Kier alpha value is -7.04. The Morgan fingerprint density at radius 2 is 0.859 bits per heavy atom. The van der Waals surface area contributed by atoms with Gasteiger partial charge in [0.05, 0.1) is 65.0 Å². The van der Waals surface area contributed by atoms with Crippen molar-refractivity contribution in [3.63, 3.8) is 0 Å². The number of ether oxygens (including phenoxy) is 9. The van der Waals surface area contributed by atoms with Crippen LogP contribution in [0.15, 0.2) is 212 Å². The molecule has 1 fully saturated rings. The van der Waals surface area contributed by atoms with E-state index in [1.165, 1.54) is 0 Å². The summed E-state index contributed by atoms with van der Waals surface area (Å²) in [6, 6.07) is 69.2. The number of unbranched alkanes of at least 4 members (excludes halogenated alkanes) is 6. The SMILES string of the molecule is CC[C@@H](OCc1ccccc1)[C@@H](OCc1ccccc1)[C@H](CO[C@H]1OC(COCc2ccccc2)[C@H](OCc2ccccc2)[C@H](OCc2ccccc2)C1OCc1ccccc1)NC(=O)CCCCCCCCCNC(=O)OCc1ccccc1. The minimum atomic E-state index is -1.03. The lowest BCUT2D eigenvalue weighted by molar-refractivity contribution is -0.330. The Morgan fingerprint density at radius 3 is 1.35 bits per heavy atom. The minimum Gasteiger partial charge on any atom is -0.445 e. The number of carbonyl (C=O) groups excluding carboxylic acids is 2. The van der Waals surface area contributed by atoms with Crippen LogP contribution in [0.1, 0.15) is 104 Å². The molecule has 1 aliphatic heterocycles. The van der Waals surface area contributed by atoms with Gasteiger partial charge in [-0.3, -0.25) is 4.79 Å². The summed E-state index contributed by atoms with van der Waals surface area (Å²) in [5.74, 6) is -0.114. The van der Waals surface area contributed by atoms with Crippen molar-refractivity contribution in [2.24, 2.45) is 0 Å². The molecule has 85 heavy (non-hydrogen) atoms. The van der Waals surface area contributed by atoms with Crippen LogP contribution in [0.4, 0.5) is 4.79 Å². The summed E-state index contributed by atoms with van der Waals surface area (Å²) < 4.78 is 60.9. The van der Waals surface area contributed by atoms with E-state index in [9.17, 15) is 9.59 Å². The van der Waals surface area contributed by atoms with Crippen molar-refractivity contribution in [1.29, 1.82) is 0 Å². The van der Waals surface area contributed by atoms with Crippen molar-refractivity contribution in [1.82, 2.24) is 10.6 Å². The molecule has 0 radical (unpaired) electrons. The molecular formula is C72H86N2O11. The molecule has 2 N–H and O–H groups in total. The van der Waals surface area contributed by atoms with Gasteiger partial charge in [0.1, 0.15) is 37.1 Å². The van der Waals surface area contributed by atoms with E-state index in [0.29, 0.717) is 39.0 Å². The molecule has 2 unspecified atom stereocenters. The van der Waals surface area contributed by atoms with Crippen molar-refractivity contribution in [3.8, 4) is 0 Å². The smallest absolute Gasteiger partial charge is 0.407 e. The second-order valence-electron chi connectivity index (χ2n) is 21.6. The summed E-state index contributed by atoms with van der Waals surface area (Å²) in [6.45, 7) is 4.78. The van der Waals surface area contributed by atoms with Gasteiger partial charge in [0.15, 0.2) is 6.29 Å². The topological polar surface area (TPSA) is 141 Å². The molecule has 7 aromatic rings. The molecule has 0 bridgehead atoms. The molecule has 1 aliphatic rings. The maximum absolute atomic E-state index is 14.5. The van der Waals surface area contributed by atoms with Gasteiger partial charge >= 0.3 is 6.09 Å². The van der Waals surface area contributed by atoms with E-state index in [1.807, 2.05) is 212 Å². The van der Waals surface area contributed by atoms with E-state index >= 15 is 0 Å². The number of alkyl carbamates (subject to hydrolysis) is 1. The first-order chi connectivity index (χ1) is 42.0. The molecule has 0 aromatic heterocycles. The second kappa shape index (κ2) is 37.4. The molecule has 2 amide bonds. The second-order valence-corrected chi connectivity index (χ2v) is 21.6. The lowest BCUT2D eigenvalue weighted by Crippen LogP contribution is -2.62. The number of hydrogen-bond donors (Lipinski definition) is 2. The van der Waals surface area contributed by atoms with Gasteiger partial charge in [-0.1, -0.05) is 251 Å². The molecule has 0 saturated carbocycles. The van der Waals surface area contributed by atoms with Crippen LogP contribution in [-0.2, 0) is 93.7 Å². The Balaban J connectivity index is 1.01. The molecule has 8 rings (SSSR count). The van der Waals surface area contributed by atoms with Crippen LogP contribution in [0, 0.1) is 0 Å². The minimum absolute atomic E-state index is 0.0234. The lowest BCUT2D eigenvalue weighted by Gasteiger charge is -2.46. The van der Waals surface area contributed by atoms with Gasteiger partial charge < -0.3 is 53.3 Å². The Labute approximate surface area is 503 Å². The highest BCUT2D eigenvalue weighted by atomic mass is 16.7. The quantitative estimate of drug-likeness (QED) is 0.0357. The Kier molecular flexibility index (Phi) is 28.1. The normalized spacial score (nSPS) is 17.8. The van der Waals surface area contributed by atoms with Crippen molar-refractivity contribution >= 4 is 12.0 Å². The fraction of sp³-hybridized carbons (Fsp3) is 0.389. The van der Waals surface area contributed by atoms with Crippen molar-refractivity contribution in [3.05, 3.63) is 251 Å². The zero-order valence-corrected chi connectivity index (χ0v) is 49.3. The highest BCUT2D eigenvalue weighted by Crippen LogP contribution is 2.33. The average Bonchev–Trinajstić information content (AvgIpc) is 3.35. The zero-order valence-electron chi connectivity index (χ0n) is 49.3. The van der Waals surface area contributed by atoms with Crippen LogP contribution in [0.2, 0.25) is 0 Å². The van der Waals surface area contributed by atoms with Crippen LogP contribution >= 0.6 is 0 Å². The molecule has 450 valence electrons. The highest BCUT2D eigenvalue weighted by molar-refractivity contribution is 5.76. The average molecular weight is 1160 g/mol. The zero-order chi connectivity index (χ0) is 58.8. The van der Waals surface area contributed by atoms with Gasteiger partial charge in [0.2, 0.25) is 5.91 Å². The van der Waals surface area contributed by atoms with E-state index in [4.69, 9.17) is 42.6 Å². The van der Waals surface area contributed by atoms with E-state index in [-0.39, 0.29) is 52.2 Å². The Morgan fingerprint density at radius 1 is 0.447 bits per heavy atom. The number of benzene rings is 7. The van der Waals surface area contributed by atoms with E-state index in [2.05, 4.69) is 17.6 Å². The molecule has 0 spiro atoms. The van der Waals surface area contributed by atoms with Crippen molar-refractivity contribution in [2.75, 3.05) is 19.8 Å². The maximum atomic E-state index is 14.5. The molecule has 1 heterocycles. The van der Waals surface area contributed by atoms with E-state index in [0.717, 1.165) is 77.5 Å². The summed E-state index contributed by atoms with van der Waals surface area (Å²) in [5, 5.41) is 6.27. The van der Waals surface area contributed by atoms with Crippen molar-refractivity contribution in [2.45, 2.75) is 160 Å². The highest BCUT2D eigenvalue weighted by Gasteiger charge is 2.50. The maximum Gasteiger partial charge on any atom is 0.407 e. The van der Waals surface area contributed by atoms with Gasteiger partial charge in [0, 0.05) is 13.0 Å². The van der Waals surface area contributed by atoms with Crippen LogP contribution in [0.5, 0.6) is 0 Å². The standard InChI is InChI=1S/C72H86N2O11/c1-2-64(78-48-57-33-17-9-18-34-57)67(79-49-58-35-19-10-20-36-58)63(74-66(75)45-29-6-4-3-5-7-30-46-73-72(76)84-53-62-43-27-14-28-44-62)54-83-71-70(82-52-61-41-25-13-26-42-61)69(81-51-60-39-23-12-24-40-60)68(80-50-59-37-21-11-22-38-59)65(85-71)55-77-47-56-31-15-8-16-32-56/h8-28,31-44,63-65,67-71H,2-7,29-30,45-55H2,1H3,(H,73,76)(H,74,75)/t63-,64+,65?,67-,68-,69-,70?,71-/m0/s1. The number of hydrogen-bond acceptors (Lipinski definition) is 11. The third-order valence-electron chi connectivity index (χ3n) is 14.9. The van der Waals surface area contributed by atoms with Gasteiger partial charge in [-0.2, -0.15) is 0 Å². The monoisotopic (exact) mass is 1150 g/mol. The number of nitrogens with one attached hydrogen (secondary N) is 2. The van der Waals surface area contributed by atoms with Crippen LogP contribution in [0.25, 0.3) is 0 Å². The summed E-state index contributed by atoms with van der Waals surface area (Å²) in [5.41, 5.74) is 6.92. The first-order valence-corrected chi connectivity index (χ1v) is 30.4. The largest absolute Gasteiger partial charge is 0.445 e. The van der Waals surface area contributed by atoms with Gasteiger partial charge in [-0.15, -0.1) is 0 Å². The predicted molar refractivity (Wildman–Crippen MR) is 330 cm³/mol. The molecule has 1 saturated heterocycles. The summed E-state index contributed by atoms with van der Waals surface area (Å²) in [6.07, 6.45) is 1.95. The predicted octanol–water partition coefficient (Wildman–Crippen LogP) is 13.8. The van der Waals surface area contributed by atoms with Crippen molar-refractivity contribution < 1.29 is 52.2 Å². The summed E-state index contributed by atoms with van der Waals surface area (Å²) in [4.78, 5) is 26.7. The van der Waals surface area contributed by atoms with Gasteiger partial charge in [-0.05, 0) is 58.2 Å². The fourth-order valence-corrected chi connectivity index (χ4v) is 10.3. The van der Waals surface area contributed by atoms with Gasteiger partial charge in [-0.25, -0.2) is 4.79 Å². The molecular weight excluding hydrogens is 1070 g/mol. The van der Waals surface area contributed by atoms with Crippen LogP contribution < -0.4 is 10.6 Å². The molecule has 0 aliphatic carbocycles. The first-order valence-electron chi connectivity index (χ1n) is 30.4. The molecule has 8 atom stereocenters. The first kappa shape index (κ1) is 64.0. The third-order valence-corrected chi connectivity index (χ3v) is 14.9. The molecule has 7 aromatic carbocycles. The van der Waals surface area contributed by atoms with Crippen LogP contribution in [0.3, 0.4) is 0 Å². The number of amides is 2. The Bertz CT molecular complexity index is 2860. The van der Waals surface area contributed by atoms with Gasteiger partial charge in [0.25, 0.3) is 0 Å². The molecule has 13 nitrogen and oxygen atoms in total. The lowest BCUT2D eigenvalue weighted by atomic mass is 9.97. The molecule has 13 heteroatoms. The number of rotatable bonds is 38. The fourth-order valence-electron chi connectivity index (χ4n) is 10.3.